The van der Waals surface area contributed by atoms with E-state index in [4.69, 9.17) is 9.72 Å². The molecule has 0 saturated carbocycles. The quantitative estimate of drug-likeness (QED) is 0.436. The maximum absolute atomic E-state index is 13.1. The number of likely N-dealkylation sites (N-methyl/N-ethyl adjacent to an activating group) is 1. The van der Waals surface area contributed by atoms with E-state index in [1.165, 1.54) is 10.5 Å². The van der Waals surface area contributed by atoms with Gasteiger partial charge >= 0.3 is 0 Å². The highest BCUT2D eigenvalue weighted by molar-refractivity contribution is 7.99. The second-order valence-electron chi connectivity index (χ2n) is 7.52. The fourth-order valence-electron chi connectivity index (χ4n) is 3.03. The minimum absolute atomic E-state index is 0.104. The minimum Gasteiger partial charge on any atom is -0.494 e. The van der Waals surface area contributed by atoms with Gasteiger partial charge in [0.1, 0.15) is 11.3 Å². The van der Waals surface area contributed by atoms with Gasteiger partial charge in [-0.15, -0.1) is 11.8 Å². The molecule has 0 unspecified atom stereocenters. The fraction of sp³-hybridized carbons (Fsp3) is 0.391. The smallest absolute Gasteiger partial charge is 0.229 e. The molecule has 0 saturated heterocycles. The van der Waals surface area contributed by atoms with Gasteiger partial charge in [0.15, 0.2) is 5.13 Å². The van der Waals surface area contributed by atoms with Gasteiger partial charge in [0.05, 0.1) is 11.8 Å². The number of nitrogens with zero attached hydrogens (tertiary/aromatic N) is 3. The SMILES string of the molecule is COc1ccc(C)c2sc(N(CCN(C)C)C(=O)CCSc3ccc(C)cc3)nc12. The molecule has 2 aromatic carbocycles. The molecule has 3 aromatic rings. The number of fused-ring (bicyclic) bond motifs is 1. The van der Waals surface area contributed by atoms with Crippen LogP contribution in [-0.2, 0) is 4.79 Å². The van der Waals surface area contributed by atoms with E-state index >= 15 is 0 Å². The lowest BCUT2D eigenvalue weighted by Crippen LogP contribution is -2.36. The van der Waals surface area contributed by atoms with Crippen molar-refractivity contribution in [3.63, 3.8) is 0 Å². The number of benzene rings is 2. The zero-order chi connectivity index (χ0) is 21.7. The lowest BCUT2D eigenvalue weighted by Gasteiger charge is -2.22. The number of amides is 1. The van der Waals surface area contributed by atoms with Gasteiger partial charge in [-0.1, -0.05) is 35.1 Å². The highest BCUT2D eigenvalue weighted by atomic mass is 32.2. The number of anilines is 1. The predicted octanol–water partition coefficient (Wildman–Crippen LogP) is 5.00. The molecule has 1 amide bonds. The van der Waals surface area contributed by atoms with Gasteiger partial charge in [0.2, 0.25) is 5.91 Å². The molecule has 0 N–H and O–H groups in total. The number of carbonyl (C=O) groups is 1. The van der Waals surface area contributed by atoms with Gasteiger partial charge < -0.3 is 9.64 Å². The van der Waals surface area contributed by atoms with Gasteiger partial charge in [-0.05, 0) is 51.7 Å². The van der Waals surface area contributed by atoms with Crippen molar-refractivity contribution in [3.05, 3.63) is 47.5 Å². The lowest BCUT2D eigenvalue weighted by atomic mass is 10.2. The summed E-state index contributed by atoms with van der Waals surface area (Å²) < 4.78 is 6.56. The molecule has 160 valence electrons. The first-order chi connectivity index (χ1) is 14.4. The molecule has 0 atom stereocenters. The summed E-state index contributed by atoms with van der Waals surface area (Å²) in [5.74, 6) is 1.59. The van der Waals surface area contributed by atoms with Crippen LogP contribution in [0.4, 0.5) is 5.13 Å². The molecule has 0 aliphatic heterocycles. The summed E-state index contributed by atoms with van der Waals surface area (Å²) in [6.07, 6.45) is 0.470. The molecule has 0 radical (unpaired) electrons. The van der Waals surface area contributed by atoms with Gasteiger partial charge in [0.25, 0.3) is 0 Å². The van der Waals surface area contributed by atoms with Crippen molar-refractivity contribution in [1.29, 1.82) is 0 Å². The molecule has 1 aromatic heterocycles. The zero-order valence-electron chi connectivity index (χ0n) is 18.3. The first-order valence-corrected chi connectivity index (χ1v) is 11.8. The molecular weight excluding hydrogens is 414 g/mol. The fourth-order valence-corrected chi connectivity index (χ4v) is 4.97. The highest BCUT2D eigenvalue weighted by Crippen LogP contribution is 2.36. The van der Waals surface area contributed by atoms with E-state index in [0.29, 0.717) is 13.0 Å². The predicted molar refractivity (Wildman–Crippen MR) is 128 cm³/mol. The van der Waals surface area contributed by atoms with Crippen molar-refractivity contribution >= 4 is 44.4 Å². The second kappa shape index (κ2) is 10.3. The minimum atomic E-state index is 0.104. The van der Waals surface area contributed by atoms with E-state index in [1.807, 2.05) is 31.1 Å². The molecule has 1 heterocycles. The van der Waals surface area contributed by atoms with Crippen LogP contribution in [0.1, 0.15) is 17.5 Å². The average Bonchev–Trinajstić information content (AvgIpc) is 3.16. The standard InChI is InChI=1S/C23H29N3O2S2/c1-16-6-9-18(10-7-16)29-15-12-20(27)26(14-13-25(3)4)23-24-21-19(28-5)11-8-17(2)22(21)30-23/h6-11H,12-15H2,1-5H3. The number of rotatable bonds is 9. The summed E-state index contributed by atoms with van der Waals surface area (Å²) in [5, 5.41) is 0.741. The Morgan fingerprint density at radius 2 is 1.83 bits per heavy atom. The maximum atomic E-state index is 13.1. The molecule has 0 bridgehead atoms. The van der Waals surface area contributed by atoms with Crippen molar-refractivity contribution < 1.29 is 9.53 Å². The van der Waals surface area contributed by atoms with Crippen molar-refractivity contribution in [2.45, 2.75) is 25.2 Å². The molecule has 0 spiro atoms. The van der Waals surface area contributed by atoms with Crippen LogP contribution in [0.2, 0.25) is 0 Å². The Balaban J connectivity index is 1.78. The average molecular weight is 444 g/mol. The first-order valence-electron chi connectivity index (χ1n) is 9.97. The Labute approximate surface area is 187 Å². The van der Waals surface area contributed by atoms with Gasteiger partial charge in [-0.25, -0.2) is 4.98 Å². The van der Waals surface area contributed by atoms with E-state index < -0.39 is 0 Å². The van der Waals surface area contributed by atoms with Crippen LogP contribution in [0, 0.1) is 13.8 Å². The van der Waals surface area contributed by atoms with Crippen LogP contribution in [0.3, 0.4) is 0 Å². The summed E-state index contributed by atoms with van der Waals surface area (Å²) in [6, 6.07) is 12.4. The highest BCUT2D eigenvalue weighted by Gasteiger charge is 2.21. The van der Waals surface area contributed by atoms with Crippen molar-refractivity contribution in [3.8, 4) is 5.75 Å². The van der Waals surface area contributed by atoms with Crippen molar-refractivity contribution in [2.24, 2.45) is 0 Å². The number of hydrogen-bond acceptors (Lipinski definition) is 6. The molecule has 5 nitrogen and oxygen atoms in total. The van der Waals surface area contributed by atoms with E-state index in [2.05, 4.69) is 43.0 Å². The Bertz CT molecular complexity index is 1000. The molecule has 0 aliphatic rings. The largest absolute Gasteiger partial charge is 0.494 e. The molecule has 7 heteroatoms. The third kappa shape index (κ3) is 5.53. The number of hydrogen-bond donors (Lipinski definition) is 0. The monoisotopic (exact) mass is 443 g/mol. The number of carbonyl (C=O) groups excluding carboxylic acids is 1. The van der Waals surface area contributed by atoms with E-state index in [-0.39, 0.29) is 5.91 Å². The number of ether oxygens (including phenoxy) is 1. The summed E-state index contributed by atoms with van der Waals surface area (Å²) in [6.45, 7) is 5.54. The Kier molecular flexibility index (Phi) is 7.75. The van der Waals surface area contributed by atoms with Crippen LogP contribution >= 0.6 is 23.1 Å². The van der Waals surface area contributed by atoms with Crippen molar-refractivity contribution in [1.82, 2.24) is 9.88 Å². The topological polar surface area (TPSA) is 45.7 Å². The van der Waals surface area contributed by atoms with Crippen molar-refractivity contribution in [2.75, 3.05) is 44.9 Å². The normalized spacial score (nSPS) is 11.3. The third-order valence-electron chi connectivity index (χ3n) is 4.82. The number of aryl methyl sites for hydroxylation is 2. The second-order valence-corrected chi connectivity index (χ2v) is 9.66. The molecule has 30 heavy (non-hydrogen) atoms. The van der Waals surface area contributed by atoms with Crippen LogP contribution in [0.5, 0.6) is 5.75 Å². The van der Waals surface area contributed by atoms with Crippen LogP contribution < -0.4 is 9.64 Å². The number of thiazole rings is 1. The van der Waals surface area contributed by atoms with Crippen LogP contribution in [-0.4, -0.2) is 55.8 Å². The van der Waals surface area contributed by atoms with E-state index in [1.54, 1.807) is 30.2 Å². The summed E-state index contributed by atoms with van der Waals surface area (Å²) >= 11 is 3.27. The molecule has 0 aliphatic carbocycles. The van der Waals surface area contributed by atoms with E-state index in [0.717, 1.165) is 39.0 Å². The number of aromatic nitrogens is 1. The number of methoxy groups -OCH3 is 1. The summed E-state index contributed by atoms with van der Waals surface area (Å²) in [7, 11) is 5.68. The Morgan fingerprint density at radius 1 is 1.10 bits per heavy atom. The van der Waals surface area contributed by atoms with E-state index in [9.17, 15) is 4.79 Å². The molecule has 0 fully saturated rings. The summed E-state index contributed by atoms with van der Waals surface area (Å²) in [5.41, 5.74) is 3.21. The van der Waals surface area contributed by atoms with Gasteiger partial charge in [-0.3, -0.25) is 9.69 Å². The lowest BCUT2D eigenvalue weighted by molar-refractivity contribution is -0.118. The molecule has 3 rings (SSSR count). The number of thioether (sulfide) groups is 1. The zero-order valence-corrected chi connectivity index (χ0v) is 19.9. The third-order valence-corrected chi connectivity index (χ3v) is 7.05. The summed E-state index contributed by atoms with van der Waals surface area (Å²) in [4.78, 5) is 23.0. The Hall–Kier alpha value is -2.09. The molecular formula is C23H29N3O2S2. The van der Waals surface area contributed by atoms with Gasteiger partial charge in [0, 0.05) is 30.2 Å². The van der Waals surface area contributed by atoms with Gasteiger partial charge in [-0.2, -0.15) is 0 Å². The Morgan fingerprint density at radius 3 is 2.50 bits per heavy atom. The first kappa shape index (κ1) is 22.6. The van der Waals surface area contributed by atoms with Crippen LogP contribution in [0.15, 0.2) is 41.3 Å². The maximum Gasteiger partial charge on any atom is 0.229 e. The van der Waals surface area contributed by atoms with Crippen LogP contribution in [0.25, 0.3) is 10.2 Å².